The zero-order valence-corrected chi connectivity index (χ0v) is 7.82. The van der Waals surface area contributed by atoms with Crippen LogP contribution in [-0.4, -0.2) is 42.5 Å². The topological polar surface area (TPSA) is 29.1 Å². The van der Waals surface area contributed by atoms with Gasteiger partial charge in [-0.2, -0.15) is 0 Å². The van der Waals surface area contributed by atoms with E-state index in [1.54, 1.807) is 7.05 Å². The van der Waals surface area contributed by atoms with Crippen LogP contribution in [-0.2, 0) is 4.79 Å². The Morgan fingerprint density at radius 2 is 2.12 bits per heavy atom. The molecule has 0 bridgehead atoms. The van der Waals surface area contributed by atoms with Crippen LogP contribution < -0.4 is 5.32 Å². The molecule has 0 aliphatic heterocycles. The third kappa shape index (κ3) is 6.47. The molecule has 0 fully saturated rings. The third-order valence-corrected chi connectivity index (χ3v) is 0.756. The van der Waals surface area contributed by atoms with E-state index in [4.69, 9.17) is 0 Å². The molecule has 0 rings (SSSR count). The van der Waals surface area contributed by atoms with Crippen LogP contribution in [0.3, 0.4) is 0 Å². The first-order chi connectivity index (χ1) is 3.31. The molecule has 0 aliphatic rings. The van der Waals surface area contributed by atoms with Gasteiger partial charge in [0.05, 0.1) is 0 Å². The van der Waals surface area contributed by atoms with Gasteiger partial charge in [-0.25, -0.2) is 0 Å². The molecule has 8 heavy (non-hydrogen) atoms. The Labute approximate surface area is 72.3 Å². The van der Waals surface area contributed by atoms with E-state index < -0.39 is 0 Å². The van der Waals surface area contributed by atoms with Gasteiger partial charge in [0.2, 0.25) is 5.91 Å². The number of hydrogen-bond acceptors (Lipinski definition) is 1. The maximum atomic E-state index is 10.3. The summed E-state index contributed by atoms with van der Waals surface area (Å²) in [6.45, 7) is 1.98. The molecule has 0 spiro atoms. The Balaban J connectivity index is 0. The molecule has 0 heterocycles. The van der Waals surface area contributed by atoms with Crippen molar-refractivity contribution in [2.24, 2.45) is 0 Å². The second-order valence-electron chi connectivity index (χ2n) is 1.42. The molecule has 3 heteroatoms. The van der Waals surface area contributed by atoms with Crippen molar-refractivity contribution in [3.05, 3.63) is 0 Å². The van der Waals surface area contributed by atoms with Gasteiger partial charge in [0, 0.05) is 43.0 Å². The van der Waals surface area contributed by atoms with E-state index in [9.17, 15) is 4.79 Å². The van der Waals surface area contributed by atoms with Gasteiger partial charge in [-0.3, -0.25) is 4.79 Å². The van der Waals surface area contributed by atoms with E-state index in [1.165, 1.54) is 0 Å². The van der Waals surface area contributed by atoms with Crippen LogP contribution in [0.1, 0.15) is 19.8 Å². The van der Waals surface area contributed by atoms with Gasteiger partial charge in [-0.15, -0.1) is 0 Å². The molecule has 0 atom stereocenters. The normalized spacial score (nSPS) is 7.25. The summed E-state index contributed by atoms with van der Waals surface area (Å²) in [6, 6.07) is 0. The summed E-state index contributed by atoms with van der Waals surface area (Å²) in [5, 5.41) is 2.53. The minimum atomic E-state index is 0. The van der Waals surface area contributed by atoms with Gasteiger partial charge < -0.3 is 5.32 Å². The predicted molar refractivity (Wildman–Crippen MR) is 34.7 cm³/mol. The quantitative estimate of drug-likeness (QED) is 0.522. The smallest absolute Gasteiger partial charge is 0.219 e. The maximum Gasteiger partial charge on any atom is 0.219 e. The fourth-order valence-electron chi connectivity index (χ4n) is 0.352. The molecule has 0 unspecified atom stereocenters. The van der Waals surface area contributed by atoms with Crippen LogP contribution in [0.25, 0.3) is 0 Å². The number of amides is 1. The van der Waals surface area contributed by atoms with E-state index >= 15 is 0 Å². The Kier molecular flexibility index (Phi) is 10.5. The Morgan fingerprint density at radius 3 is 2.25 bits per heavy atom. The summed E-state index contributed by atoms with van der Waals surface area (Å²) in [5.41, 5.74) is 0. The second-order valence-corrected chi connectivity index (χ2v) is 1.42. The van der Waals surface area contributed by atoms with Crippen molar-refractivity contribution in [1.82, 2.24) is 5.32 Å². The average molecular weight is 124 g/mol. The average Bonchev–Trinajstić information content (AvgIpc) is 1.68. The summed E-state index contributed by atoms with van der Waals surface area (Å²) in [5.74, 6) is 0.127. The van der Waals surface area contributed by atoms with Gasteiger partial charge in [0.15, 0.2) is 0 Å². The summed E-state index contributed by atoms with van der Waals surface area (Å²) in [6.07, 6.45) is 1.58. The van der Waals surface area contributed by atoms with Gasteiger partial charge >= 0.3 is 0 Å². The Morgan fingerprint density at radius 1 is 1.62 bits per heavy atom. The SMILES string of the molecule is CCCC(=O)NC.[Na]. The molecule has 0 aromatic rings. The zero-order valence-electron chi connectivity index (χ0n) is 5.82. The van der Waals surface area contributed by atoms with Crippen LogP contribution in [0.5, 0.6) is 0 Å². The molecule has 1 amide bonds. The van der Waals surface area contributed by atoms with Crippen molar-refractivity contribution in [3.8, 4) is 0 Å². The Hall–Kier alpha value is 0.470. The summed E-state index contributed by atoms with van der Waals surface area (Å²) in [7, 11) is 1.65. The summed E-state index contributed by atoms with van der Waals surface area (Å²) < 4.78 is 0. The molecule has 1 N–H and O–H groups in total. The van der Waals surface area contributed by atoms with Crippen LogP contribution in [0.4, 0.5) is 0 Å². The molecule has 0 aromatic carbocycles. The molecule has 0 aliphatic carbocycles. The van der Waals surface area contributed by atoms with Crippen molar-refractivity contribution in [1.29, 1.82) is 0 Å². The summed E-state index contributed by atoms with van der Waals surface area (Å²) in [4.78, 5) is 10.3. The fourth-order valence-corrected chi connectivity index (χ4v) is 0.352. The number of carbonyl (C=O) groups excluding carboxylic acids is 1. The standard InChI is InChI=1S/C5H11NO.Na/c1-3-4-5(7)6-2;/h3-4H2,1-2H3,(H,6,7);. The van der Waals surface area contributed by atoms with Crippen molar-refractivity contribution < 1.29 is 4.79 Å². The van der Waals surface area contributed by atoms with Crippen molar-refractivity contribution in [2.45, 2.75) is 19.8 Å². The van der Waals surface area contributed by atoms with Crippen molar-refractivity contribution in [2.75, 3.05) is 7.05 Å². The van der Waals surface area contributed by atoms with Gasteiger partial charge in [-0.05, 0) is 6.42 Å². The van der Waals surface area contributed by atoms with E-state index in [0.717, 1.165) is 6.42 Å². The van der Waals surface area contributed by atoms with Gasteiger partial charge in [0.1, 0.15) is 0 Å². The van der Waals surface area contributed by atoms with Crippen molar-refractivity contribution in [3.63, 3.8) is 0 Å². The fraction of sp³-hybridized carbons (Fsp3) is 0.800. The van der Waals surface area contributed by atoms with E-state index in [0.29, 0.717) is 6.42 Å². The molecular weight excluding hydrogens is 113 g/mol. The predicted octanol–water partition coefficient (Wildman–Crippen LogP) is 0.152. The third-order valence-electron chi connectivity index (χ3n) is 0.756. The number of hydrogen-bond donors (Lipinski definition) is 1. The number of rotatable bonds is 2. The van der Waals surface area contributed by atoms with E-state index in [1.807, 2.05) is 6.92 Å². The molecule has 0 aromatic heterocycles. The molecule has 0 saturated heterocycles. The molecule has 0 saturated carbocycles. The van der Waals surface area contributed by atoms with Gasteiger partial charge in [-0.1, -0.05) is 6.92 Å². The summed E-state index contributed by atoms with van der Waals surface area (Å²) >= 11 is 0. The minimum absolute atomic E-state index is 0. The first-order valence-corrected chi connectivity index (χ1v) is 2.51. The molecule has 1 radical (unpaired) electrons. The first kappa shape index (κ1) is 11.3. The second kappa shape index (κ2) is 7.47. The first-order valence-electron chi connectivity index (χ1n) is 2.51. The molecule has 2 nitrogen and oxygen atoms in total. The minimum Gasteiger partial charge on any atom is -0.359 e. The van der Waals surface area contributed by atoms with Crippen LogP contribution in [0, 0.1) is 0 Å². The monoisotopic (exact) mass is 124 g/mol. The molecule has 43 valence electrons. The van der Waals surface area contributed by atoms with Crippen molar-refractivity contribution >= 4 is 35.5 Å². The van der Waals surface area contributed by atoms with Crippen LogP contribution >= 0.6 is 0 Å². The number of nitrogens with one attached hydrogen (secondary N) is 1. The number of carbonyl (C=O) groups is 1. The van der Waals surface area contributed by atoms with Crippen LogP contribution in [0.2, 0.25) is 0 Å². The van der Waals surface area contributed by atoms with E-state index in [2.05, 4.69) is 5.32 Å². The van der Waals surface area contributed by atoms with Gasteiger partial charge in [0.25, 0.3) is 0 Å². The zero-order chi connectivity index (χ0) is 5.70. The maximum absolute atomic E-state index is 10.3. The van der Waals surface area contributed by atoms with Crippen LogP contribution in [0.15, 0.2) is 0 Å². The van der Waals surface area contributed by atoms with E-state index in [-0.39, 0.29) is 35.5 Å². The molecular formula is C5H11NNaO. The largest absolute Gasteiger partial charge is 0.359 e. The Bertz CT molecular complexity index is 65.4.